The number of nitrogens with one attached hydrogen (secondary N) is 1. The van der Waals surface area contributed by atoms with Crippen LogP contribution < -0.4 is 5.32 Å². The van der Waals surface area contributed by atoms with E-state index in [-0.39, 0.29) is 0 Å². The Morgan fingerprint density at radius 2 is 2.11 bits per heavy atom. The van der Waals surface area contributed by atoms with Crippen molar-refractivity contribution in [2.45, 2.75) is 52.3 Å². The molecule has 3 nitrogen and oxygen atoms in total. The minimum Gasteiger partial charge on any atom is -0.375 e. The second-order valence-corrected chi connectivity index (χ2v) is 5.51. The first kappa shape index (κ1) is 13.5. The van der Waals surface area contributed by atoms with Gasteiger partial charge in [-0.25, -0.2) is 0 Å². The van der Waals surface area contributed by atoms with Crippen LogP contribution in [-0.4, -0.2) is 17.6 Å². The number of rotatable bonds is 8. The van der Waals surface area contributed by atoms with Gasteiger partial charge in [0, 0.05) is 19.2 Å². The monoisotopic (exact) mass is 248 g/mol. The predicted octanol–water partition coefficient (Wildman–Crippen LogP) is 2.90. The highest BCUT2D eigenvalue weighted by Gasteiger charge is 2.20. The zero-order valence-electron chi connectivity index (χ0n) is 11.5. The highest BCUT2D eigenvalue weighted by atomic mass is 16.5. The summed E-state index contributed by atoms with van der Waals surface area (Å²) in [6, 6.07) is 6.92. The van der Waals surface area contributed by atoms with Crippen molar-refractivity contribution < 1.29 is 4.74 Å². The highest BCUT2D eigenvalue weighted by Crippen LogP contribution is 2.19. The molecule has 100 valence electrons. The second-order valence-electron chi connectivity index (χ2n) is 5.51. The van der Waals surface area contributed by atoms with E-state index >= 15 is 0 Å². The maximum absolute atomic E-state index is 5.64. The van der Waals surface area contributed by atoms with Crippen LogP contribution in [0.1, 0.15) is 44.5 Å². The third-order valence-electron chi connectivity index (χ3n) is 3.10. The Kier molecular flexibility index (Phi) is 5.14. The molecule has 0 atom stereocenters. The summed E-state index contributed by atoms with van der Waals surface area (Å²) in [7, 11) is 0. The molecule has 0 amide bonds. The van der Waals surface area contributed by atoms with Crippen molar-refractivity contribution in [2.75, 3.05) is 6.61 Å². The van der Waals surface area contributed by atoms with Gasteiger partial charge in [0.15, 0.2) is 0 Å². The van der Waals surface area contributed by atoms with Crippen molar-refractivity contribution in [3.8, 4) is 0 Å². The van der Waals surface area contributed by atoms with E-state index in [1.54, 1.807) is 0 Å². The van der Waals surface area contributed by atoms with Gasteiger partial charge in [-0.05, 0) is 37.3 Å². The molecule has 1 aromatic heterocycles. The summed E-state index contributed by atoms with van der Waals surface area (Å²) in [4.78, 5) is 4.60. The van der Waals surface area contributed by atoms with Crippen LogP contribution in [0.4, 0.5) is 0 Å². The van der Waals surface area contributed by atoms with E-state index in [0.717, 1.165) is 37.0 Å². The molecule has 0 aromatic carbocycles. The first-order valence-electron chi connectivity index (χ1n) is 7.00. The maximum Gasteiger partial charge on any atom is 0.0887 e. The van der Waals surface area contributed by atoms with Crippen LogP contribution in [0, 0.1) is 5.92 Å². The molecule has 1 N–H and O–H groups in total. The molecular weight excluding hydrogens is 224 g/mol. The van der Waals surface area contributed by atoms with Crippen LogP contribution in [-0.2, 0) is 17.9 Å². The Hall–Kier alpha value is -0.930. The van der Waals surface area contributed by atoms with Gasteiger partial charge < -0.3 is 10.1 Å². The molecule has 0 aliphatic heterocycles. The van der Waals surface area contributed by atoms with Crippen molar-refractivity contribution in [2.24, 2.45) is 5.92 Å². The Morgan fingerprint density at radius 1 is 1.33 bits per heavy atom. The van der Waals surface area contributed by atoms with E-state index in [1.165, 1.54) is 12.8 Å². The van der Waals surface area contributed by atoms with Crippen molar-refractivity contribution in [1.29, 1.82) is 0 Å². The Bertz CT molecular complexity index is 361. The number of hydrogen-bond donors (Lipinski definition) is 1. The number of nitrogens with zero attached hydrogens (tertiary/aromatic N) is 1. The molecule has 0 radical (unpaired) electrons. The lowest BCUT2D eigenvalue weighted by Crippen LogP contribution is -2.16. The SMILES string of the molecule is CC(C)CCOCc1cccc(CNC2CC2)n1. The molecule has 1 aliphatic rings. The van der Waals surface area contributed by atoms with Gasteiger partial charge in [-0.3, -0.25) is 4.98 Å². The third kappa shape index (κ3) is 5.15. The normalized spacial score (nSPS) is 15.3. The quantitative estimate of drug-likeness (QED) is 0.718. The fraction of sp³-hybridized carbons (Fsp3) is 0.667. The zero-order valence-corrected chi connectivity index (χ0v) is 11.5. The predicted molar refractivity (Wildman–Crippen MR) is 73.2 cm³/mol. The number of aromatic nitrogens is 1. The van der Waals surface area contributed by atoms with Gasteiger partial charge in [0.05, 0.1) is 18.0 Å². The van der Waals surface area contributed by atoms with Gasteiger partial charge in [0.1, 0.15) is 0 Å². The molecule has 1 aliphatic carbocycles. The standard InChI is InChI=1S/C15H24N2O/c1-12(2)8-9-18-11-15-5-3-4-14(17-15)10-16-13-6-7-13/h3-5,12-13,16H,6-11H2,1-2H3. The van der Waals surface area contributed by atoms with Gasteiger partial charge in [0.25, 0.3) is 0 Å². The molecular formula is C15H24N2O. The van der Waals surface area contributed by atoms with Crippen LogP contribution in [0.3, 0.4) is 0 Å². The molecule has 1 heterocycles. The van der Waals surface area contributed by atoms with E-state index in [2.05, 4.69) is 36.3 Å². The fourth-order valence-corrected chi connectivity index (χ4v) is 1.74. The third-order valence-corrected chi connectivity index (χ3v) is 3.10. The summed E-state index contributed by atoms with van der Waals surface area (Å²) >= 11 is 0. The second kappa shape index (κ2) is 6.86. The highest BCUT2D eigenvalue weighted by molar-refractivity contribution is 5.10. The van der Waals surface area contributed by atoms with E-state index in [4.69, 9.17) is 4.74 Å². The van der Waals surface area contributed by atoms with Gasteiger partial charge in [-0.1, -0.05) is 19.9 Å². The largest absolute Gasteiger partial charge is 0.375 e. The molecule has 2 rings (SSSR count). The maximum atomic E-state index is 5.64. The molecule has 18 heavy (non-hydrogen) atoms. The van der Waals surface area contributed by atoms with Crippen LogP contribution in [0.25, 0.3) is 0 Å². The first-order valence-corrected chi connectivity index (χ1v) is 7.00. The lowest BCUT2D eigenvalue weighted by molar-refractivity contribution is 0.108. The lowest BCUT2D eigenvalue weighted by Gasteiger charge is -2.08. The van der Waals surface area contributed by atoms with Gasteiger partial charge in [-0.2, -0.15) is 0 Å². The summed E-state index contributed by atoms with van der Waals surface area (Å²) in [6.45, 7) is 6.76. The topological polar surface area (TPSA) is 34.1 Å². The summed E-state index contributed by atoms with van der Waals surface area (Å²) < 4.78 is 5.64. The minimum atomic E-state index is 0.629. The average molecular weight is 248 g/mol. The van der Waals surface area contributed by atoms with Crippen molar-refractivity contribution >= 4 is 0 Å². The number of pyridine rings is 1. The molecule has 0 saturated heterocycles. The van der Waals surface area contributed by atoms with Crippen molar-refractivity contribution in [3.63, 3.8) is 0 Å². The summed E-state index contributed by atoms with van der Waals surface area (Å²) in [6.07, 6.45) is 3.75. The van der Waals surface area contributed by atoms with Gasteiger partial charge in [0.2, 0.25) is 0 Å². The molecule has 1 aromatic rings. The van der Waals surface area contributed by atoms with Crippen LogP contribution in [0.5, 0.6) is 0 Å². The number of ether oxygens (including phenoxy) is 1. The molecule has 1 fully saturated rings. The van der Waals surface area contributed by atoms with E-state index in [0.29, 0.717) is 12.5 Å². The molecule has 3 heteroatoms. The fourth-order valence-electron chi connectivity index (χ4n) is 1.74. The molecule has 0 bridgehead atoms. The van der Waals surface area contributed by atoms with Crippen LogP contribution in [0.15, 0.2) is 18.2 Å². The molecule has 1 saturated carbocycles. The van der Waals surface area contributed by atoms with Crippen LogP contribution >= 0.6 is 0 Å². The summed E-state index contributed by atoms with van der Waals surface area (Å²) in [5, 5.41) is 3.48. The van der Waals surface area contributed by atoms with Crippen molar-refractivity contribution in [1.82, 2.24) is 10.3 Å². The summed E-state index contributed by atoms with van der Waals surface area (Å²) in [5.74, 6) is 0.701. The van der Waals surface area contributed by atoms with E-state index < -0.39 is 0 Å². The van der Waals surface area contributed by atoms with E-state index in [9.17, 15) is 0 Å². The Labute approximate surface area is 110 Å². The lowest BCUT2D eigenvalue weighted by atomic mass is 10.1. The number of hydrogen-bond acceptors (Lipinski definition) is 3. The van der Waals surface area contributed by atoms with Gasteiger partial charge in [-0.15, -0.1) is 0 Å². The molecule has 0 spiro atoms. The average Bonchev–Trinajstić information content (AvgIpc) is 3.17. The Morgan fingerprint density at radius 3 is 2.83 bits per heavy atom. The Balaban J connectivity index is 1.71. The first-order chi connectivity index (χ1) is 8.74. The van der Waals surface area contributed by atoms with Crippen molar-refractivity contribution in [3.05, 3.63) is 29.6 Å². The summed E-state index contributed by atoms with van der Waals surface area (Å²) in [5.41, 5.74) is 2.15. The minimum absolute atomic E-state index is 0.629. The molecule has 0 unspecified atom stereocenters. The smallest absolute Gasteiger partial charge is 0.0887 e. The van der Waals surface area contributed by atoms with E-state index in [1.807, 2.05) is 6.07 Å². The zero-order chi connectivity index (χ0) is 12.8. The van der Waals surface area contributed by atoms with Crippen LogP contribution in [0.2, 0.25) is 0 Å². The van der Waals surface area contributed by atoms with Gasteiger partial charge >= 0.3 is 0 Å².